The Bertz CT molecular complexity index is 1160. The number of ether oxygens (including phenoxy) is 2. The second-order valence-electron chi connectivity index (χ2n) is 13.0. The highest BCUT2D eigenvalue weighted by molar-refractivity contribution is 6.31. The van der Waals surface area contributed by atoms with Gasteiger partial charge in [0, 0.05) is 17.1 Å². The molecule has 0 radical (unpaired) electrons. The van der Waals surface area contributed by atoms with E-state index in [1.807, 2.05) is 30.3 Å². The van der Waals surface area contributed by atoms with Gasteiger partial charge in [-0.1, -0.05) is 35.9 Å². The molecule has 0 spiro atoms. The fraction of sp³-hybridized carbons (Fsp3) is 0.625. The Kier molecular flexibility index (Phi) is 8.65. The van der Waals surface area contributed by atoms with Crippen molar-refractivity contribution in [3.8, 4) is 5.75 Å². The molecule has 8 nitrogen and oxygen atoms in total. The summed E-state index contributed by atoms with van der Waals surface area (Å²) in [5, 5.41) is 55.2. The zero-order valence-electron chi connectivity index (χ0n) is 23.2. The lowest BCUT2D eigenvalue weighted by Gasteiger charge is -2.57. The van der Waals surface area contributed by atoms with Crippen LogP contribution in [0.3, 0.4) is 0 Å². The number of rotatable bonds is 10. The second kappa shape index (κ2) is 12.1. The van der Waals surface area contributed by atoms with E-state index < -0.39 is 43.2 Å². The topological polar surface area (TPSA) is 132 Å². The van der Waals surface area contributed by atoms with Gasteiger partial charge in [0.25, 0.3) is 0 Å². The van der Waals surface area contributed by atoms with E-state index in [9.17, 15) is 25.5 Å². The van der Waals surface area contributed by atoms with Gasteiger partial charge in [-0.15, -0.1) is 0 Å². The number of aliphatic hydroxyl groups is 5. The Hall–Kier alpha value is -1.75. The number of benzene rings is 2. The average molecular weight is 588 g/mol. The summed E-state index contributed by atoms with van der Waals surface area (Å²) >= 11 is 6.48. The van der Waals surface area contributed by atoms with Crippen LogP contribution >= 0.6 is 11.6 Å². The maximum atomic E-state index is 10.6. The van der Waals surface area contributed by atoms with Crippen molar-refractivity contribution in [2.24, 2.45) is 17.8 Å². The quantitative estimate of drug-likeness (QED) is 0.250. The molecule has 7 rings (SSSR count). The number of hydrogen-bond donors (Lipinski definition) is 6. The van der Waals surface area contributed by atoms with Gasteiger partial charge < -0.3 is 40.3 Å². The van der Waals surface area contributed by atoms with E-state index in [0.29, 0.717) is 29.3 Å². The van der Waals surface area contributed by atoms with Gasteiger partial charge >= 0.3 is 0 Å². The molecule has 4 bridgehead atoms. The number of β-amino-alcohol motifs (C(OH)–C–C–N with tert-alkyl or cyclic N) is 1. The third-order valence-corrected chi connectivity index (χ3v) is 10.2. The second-order valence-corrected chi connectivity index (χ2v) is 13.4. The van der Waals surface area contributed by atoms with Crippen LogP contribution in [0.25, 0.3) is 0 Å². The first-order valence-corrected chi connectivity index (χ1v) is 15.3. The van der Waals surface area contributed by atoms with Crippen molar-refractivity contribution in [3.63, 3.8) is 0 Å². The summed E-state index contributed by atoms with van der Waals surface area (Å²) in [6.07, 6.45) is 1.82. The summed E-state index contributed by atoms with van der Waals surface area (Å²) in [7, 11) is 0. The molecule has 1 heterocycles. The summed E-state index contributed by atoms with van der Waals surface area (Å²) in [6, 6.07) is 12.9. The fourth-order valence-corrected chi connectivity index (χ4v) is 8.30. The normalized spacial score (nSPS) is 36.8. The first-order valence-electron chi connectivity index (χ1n) is 15.0. The van der Waals surface area contributed by atoms with Gasteiger partial charge in [-0.05, 0) is 97.6 Å². The molecule has 4 aliphatic carbocycles. The van der Waals surface area contributed by atoms with Crippen LogP contribution < -0.4 is 10.1 Å². The molecule has 0 unspecified atom stereocenters. The SMILES string of the molecule is OC[C@H]1O[C@@H](c2ccc(Cl)c(Cc3ccc(OC[C@@H](O)CNC45CC6CC(CC(C6)C4)C5)cc3)c2)[C@H](O)[C@@H](O)[C@@H]1O. The zero-order valence-corrected chi connectivity index (χ0v) is 24.0. The highest BCUT2D eigenvalue weighted by Crippen LogP contribution is 2.55. The van der Waals surface area contributed by atoms with Crippen molar-refractivity contribution < 1.29 is 35.0 Å². The summed E-state index contributed by atoms with van der Waals surface area (Å²) < 4.78 is 11.6. The van der Waals surface area contributed by atoms with E-state index >= 15 is 0 Å². The van der Waals surface area contributed by atoms with Crippen molar-refractivity contribution in [2.45, 2.75) is 87.1 Å². The van der Waals surface area contributed by atoms with Gasteiger partial charge in [0.1, 0.15) is 49.0 Å². The van der Waals surface area contributed by atoms with Gasteiger partial charge in [-0.2, -0.15) is 0 Å². The molecule has 5 aliphatic rings. The minimum Gasteiger partial charge on any atom is -0.491 e. The monoisotopic (exact) mass is 587 g/mol. The molecule has 0 amide bonds. The van der Waals surface area contributed by atoms with Gasteiger partial charge in [0.05, 0.1) is 6.61 Å². The first kappa shape index (κ1) is 29.3. The molecule has 0 aromatic heterocycles. The molecule has 2 aromatic rings. The number of hydrogen-bond acceptors (Lipinski definition) is 8. The number of aliphatic hydroxyl groups excluding tert-OH is 5. The molecular formula is C32H42ClNO7. The van der Waals surface area contributed by atoms with Gasteiger partial charge in [-0.3, -0.25) is 0 Å². The highest BCUT2D eigenvalue weighted by Gasteiger charge is 2.50. The average Bonchev–Trinajstić information content (AvgIpc) is 2.95. The highest BCUT2D eigenvalue weighted by atomic mass is 35.5. The van der Waals surface area contributed by atoms with E-state index in [0.717, 1.165) is 28.9 Å². The smallest absolute Gasteiger partial charge is 0.119 e. The Balaban J connectivity index is 1.02. The summed E-state index contributed by atoms with van der Waals surface area (Å²) in [5.74, 6) is 3.28. The van der Waals surface area contributed by atoms with Crippen molar-refractivity contribution in [2.75, 3.05) is 19.8 Å². The summed E-state index contributed by atoms with van der Waals surface area (Å²) in [4.78, 5) is 0. The third kappa shape index (κ3) is 6.31. The fourth-order valence-electron chi connectivity index (χ4n) is 8.12. The van der Waals surface area contributed by atoms with Gasteiger partial charge in [0.15, 0.2) is 0 Å². The van der Waals surface area contributed by atoms with Crippen LogP contribution in [0.15, 0.2) is 42.5 Å². The van der Waals surface area contributed by atoms with E-state index in [2.05, 4.69) is 5.32 Å². The van der Waals surface area contributed by atoms with E-state index in [-0.39, 0.29) is 12.1 Å². The minimum atomic E-state index is -1.44. The summed E-state index contributed by atoms with van der Waals surface area (Å²) in [5.41, 5.74) is 2.62. The van der Waals surface area contributed by atoms with Crippen molar-refractivity contribution >= 4 is 11.6 Å². The maximum absolute atomic E-state index is 10.6. The number of nitrogens with one attached hydrogen (secondary N) is 1. The third-order valence-electron chi connectivity index (χ3n) is 9.80. The molecule has 6 atom stereocenters. The molecule has 1 saturated heterocycles. The van der Waals surface area contributed by atoms with Gasteiger partial charge in [-0.25, -0.2) is 0 Å². The Morgan fingerprint density at radius 2 is 1.59 bits per heavy atom. The maximum Gasteiger partial charge on any atom is 0.119 e. The van der Waals surface area contributed by atoms with Crippen molar-refractivity contribution in [1.82, 2.24) is 5.32 Å². The van der Waals surface area contributed by atoms with Crippen LogP contribution in [0.4, 0.5) is 0 Å². The van der Waals surface area contributed by atoms with E-state index in [4.69, 9.17) is 21.1 Å². The van der Waals surface area contributed by atoms with Crippen LogP contribution in [0.1, 0.15) is 61.3 Å². The number of halogens is 1. The zero-order chi connectivity index (χ0) is 28.7. The van der Waals surface area contributed by atoms with Crippen LogP contribution in [-0.4, -0.2) is 81.3 Å². The molecular weight excluding hydrogens is 546 g/mol. The van der Waals surface area contributed by atoms with E-state index in [1.165, 1.54) is 38.5 Å². The molecule has 4 saturated carbocycles. The minimum absolute atomic E-state index is 0.221. The molecule has 2 aromatic carbocycles. The predicted molar refractivity (Wildman–Crippen MR) is 154 cm³/mol. The van der Waals surface area contributed by atoms with Crippen LogP contribution in [0, 0.1) is 17.8 Å². The van der Waals surface area contributed by atoms with Gasteiger partial charge in [0.2, 0.25) is 0 Å². The Morgan fingerprint density at radius 3 is 2.22 bits per heavy atom. The summed E-state index contributed by atoms with van der Waals surface area (Å²) in [6.45, 7) is 0.297. The van der Waals surface area contributed by atoms with Crippen LogP contribution in [0.2, 0.25) is 5.02 Å². The van der Waals surface area contributed by atoms with Crippen molar-refractivity contribution in [3.05, 3.63) is 64.2 Å². The lowest BCUT2D eigenvalue weighted by Crippen LogP contribution is -2.59. The molecule has 5 fully saturated rings. The molecule has 9 heteroatoms. The lowest BCUT2D eigenvalue weighted by molar-refractivity contribution is -0.231. The largest absolute Gasteiger partial charge is 0.491 e. The standard InChI is InChI=1S/C32H42ClNO7/c33-26-6-3-22(31-30(39)29(38)28(37)27(16-35)41-31)11-23(26)10-18-1-4-25(5-2-18)40-17-24(36)15-34-32-12-19-7-20(13-32)9-21(8-19)14-32/h1-6,11,19-21,24,27-31,34-39H,7-10,12-17H2/t19?,20?,21?,24-,27+,28+,29-,30+,31-,32?/m0/s1. The van der Waals surface area contributed by atoms with Crippen molar-refractivity contribution in [1.29, 1.82) is 0 Å². The van der Waals surface area contributed by atoms with Crippen LogP contribution in [0.5, 0.6) is 5.75 Å². The molecule has 224 valence electrons. The lowest BCUT2D eigenvalue weighted by atomic mass is 9.53. The predicted octanol–water partition coefficient (Wildman–Crippen LogP) is 2.74. The molecule has 41 heavy (non-hydrogen) atoms. The van der Waals surface area contributed by atoms with E-state index in [1.54, 1.807) is 12.1 Å². The molecule has 6 N–H and O–H groups in total. The van der Waals surface area contributed by atoms with Crippen LogP contribution in [-0.2, 0) is 11.2 Å². The Labute approximate surface area is 246 Å². The Morgan fingerprint density at radius 1 is 0.927 bits per heavy atom. The molecule has 1 aliphatic heterocycles. The first-order chi connectivity index (χ1) is 19.7.